The molecule has 540 valence electrons. The van der Waals surface area contributed by atoms with E-state index in [9.17, 15) is 52.7 Å². The first kappa shape index (κ1) is 71.3. The molecule has 2 atom stereocenters. The van der Waals surface area contributed by atoms with Crippen LogP contribution in [-0.4, -0.2) is 157 Å². The molecule has 2 aliphatic carbocycles. The molecule has 103 heavy (non-hydrogen) atoms. The Kier molecular flexibility index (Phi) is 21.6. The van der Waals surface area contributed by atoms with Gasteiger partial charge in [0.2, 0.25) is 35.4 Å². The Bertz CT molecular complexity index is 4490. The lowest BCUT2D eigenvalue weighted by atomic mass is 9.67. The second kappa shape index (κ2) is 31.2. The van der Waals surface area contributed by atoms with Crippen LogP contribution in [0.3, 0.4) is 0 Å². The minimum absolute atomic E-state index is 0.0221. The van der Waals surface area contributed by atoms with Gasteiger partial charge >= 0.3 is 12.1 Å². The molecule has 12 rings (SSSR count). The number of nitrogens with one attached hydrogen (secondary N) is 8. The van der Waals surface area contributed by atoms with Gasteiger partial charge in [-0.05, 0) is 146 Å². The summed E-state index contributed by atoms with van der Waals surface area (Å²) in [6, 6.07) is 14.5. The molecule has 3 fully saturated rings. The fraction of sp³-hybridized carbons (Fsp3) is 0.431. The number of rotatable bonds is 32. The number of hydrogen-bond acceptors (Lipinski definition) is 19. The molecular formula is C72H83N17O14. The highest BCUT2D eigenvalue weighted by Gasteiger charge is 2.51. The van der Waals surface area contributed by atoms with Crippen LogP contribution in [0.15, 0.2) is 77.3 Å². The highest BCUT2D eigenvalue weighted by atomic mass is 16.6. The van der Waals surface area contributed by atoms with Gasteiger partial charge in [-0.1, -0.05) is 29.8 Å². The van der Waals surface area contributed by atoms with Crippen molar-refractivity contribution in [2.24, 2.45) is 11.1 Å². The summed E-state index contributed by atoms with van der Waals surface area (Å²) in [4.78, 5) is 162. The molecule has 0 radical (unpaired) electrons. The summed E-state index contributed by atoms with van der Waals surface area (Å²) in [5.74, 6) is -1.82. The molecule has 5 aliphatic rings. The number of fused-ring (bicyclic) bond motifs is 4. The van der Waals surface area contributed by atoms with Crippen molar-refractivity contribution in [2.45, 2.75) is 155 Å². The van der Waals surface area contributed by atoms with Crippen LogP contribution in [0.4, 0.5) is 32.6 Å². The first-order valence-corrected chi connectivity index (χ1v) is 35.0. The van der Waals surface area contributed by atoms with Crippen molar-refractivity contribution in [3.63, 3.8) is 0 Å². The number of nitrogens with two attached hydrogens (primary N) is 1. The van der Waals surface area contributed by atoms with Crippen molar-refractivity contribution in [2.75, 3.05) is 55.4 Å². The number of unbranched alkanes of at least 4 members (excludes halogenated alkanes) is 4. The molecule has 12 amide bonds. The van der Waals surface area contributed by atoms with E-state index in [4.69, 9.17) is 34.8 Å². The number of ether oxygens (including phenoxy) is 2. The summed E-state index contributed by atoms with van der Waals surface area (Å²) >= 11 is 0. The zero-order valence-corrected chi connectivity index (χ0v) is 57.8. The molecule has 3 aliphatic heterocycles. The standard InChI is InChI=1S/C72H83N17O14/c1-5-89-55(37-50(84-89)43-20-21-43)80-62-60-46-36-54(101-4)47(59-40(2)85-103-41(59)3)35-51(46)78-61(60)82-63(83-62)66(95)74-30-8-6-10-33-86(52-17-12-15-45-48(52)38-88(67(45)96)53-24-25-56(90)81-65(53)94)71(100)102-39-42-18-22-44(23-19-42)77-64(93)49(16-13-32-76-70(73)99)79-69(98)72(28-14-29-72)68(97)75-31-9-7-11-34-87-57(91)26-27-58(87)92/h12,15,17-19,22-23,26-27,35-37,43,49,53H,5-11,13-14,16,20-21,24-25,28-34,38-39H2,1-4H3,(H,74,95)(H,75,97)(H,77,93)(H,79,98)(H3,73,76,99)(H,81,90,94)(H2,78,80,82,83)/t49-,53?/m0/s1. The zero-order chi connectivity index (χ0) is 72.6. The highest BCUT2D eigenvalue weighted by Crippen LogP contribution is 2.45. The average molecular weight is 1410 g/mol. The molecule has 0 bridgehead atoms. The van der Waals surface area contributed by atoms with Crippen LogP contribution in [0, 0.1) is 19.3 Å². The van der Waals surface area contributed by atoms with Crippen LogP contribution >= 0.6 is 0 Å². The zero-order valence-electron chi connectivity index (χ0n) is 57.8. The van der Waals surface area contributed by atoms with Crippen molar-refractivity contribution in [1.29, 1.82) is 0 Å². The maximum Gasteiger partial charge on any atom is 0.414 e. The van der Waals surface area contributed by atoms with Gasteiger partial charge in [-0.25, -0.2) is 24.2 Å². The van der Waals surface area contributed by atoms with Crippen molar-refractivity contribution in [3.8, 4) is 16.9 Å². The number of urea groups is 1. The highest BCUT2D eigenvalue weighted by molar-refractivity contribution is 6.15. The Balaban J connectivity index is 0.702. The van der Waals surface area contributed by atoms with E-state index >= 15 is 0 Å². The lowest BCUT2D eigenvalue weighted by molar-refractivity contribution is -0.151. The fourth-order valence-corrected chi connectivity index (χ4v) is 13.6. The van der Waals surface area contributed by atoms with E-state index in [0.717, 1.165) is 39.9 Å². The summed E-state index contributed by atoms with van der Waals surface area (Å²) in [5, 5.41) is 30.2. The third-order valence-corrected chi connectivity index (χ3v) is 19.5. The van der Waals surface area contributed by atoms with Gasteiger partial charge in [0.25, 0.3) is 23.6 Å². The number of primary amides is 1. The molecule has 4 aromatic heterocycles. The van der Waals surface area contributed by atoms with Gasteiger partial charge in [-0.15, -0.1) is 0 Å². The van der Waals surface area contributed by atoms with Crippen LogP contribution < -0.4 is 52.6 Å². The van der Waals surface area contributed by atoms with Crippen molar-refractivity contribution in [3.05, 3.63) is 112 Å². The smallest absolute Gasteiger partial charge is 0.414 e. The summed E-state index contributed by atoms with van der Waals surface area (Å²) in [6.45, 7) is 6.96. The molecule has 1 saturated heterocycles. The molecular weight excluding hydrogens is 1330 g/mol. The summed E-state index contributed by atoms with van der Waals surface area (Å²) in [7, 11) is 1.59. The maximum atomic E-state index is 14.6. The van der Waals surface area contributed by atoms with Gasteiger partial charge in [0.15, 0.2) is 0 Å². The summed E-state index contributed by atoms with van der Waals surface area (Å²) in [5.41, 5.74) is 10.2. The van der Waals surface area contributed by atoms with Crippen molar-refractivity contribution < 1.29 is 66.7 Å². The fourth-order valence-electron chi connectivity index (χ4n) is 13.6. The van der Waals surface area contributed by atoms with E-state index in [1.165, 1.54) is 22.0 Å². The van der Waals surface area contributed by atoms with Gasteiger partial charge in [0.05, 0.1) is 35.1 Å². The summed E-state index contributed by atoms with van der Waals surface area (Å²) < 4.78 is 19.3. The number of benzene rings is 3. The molecule has 0 spiro atoms. The lowest BCUT2D eigenvalue weighted by Crippen LogP contribution is -2.58. The molecule has 7 aromatic rings. The van der Waals surface area contributed by atoms with E-state index in [1.807, 2.05) is 43.7 Å². The number of aromatic nitrogens is 6. The minimum atomic E-state index is -1.41. The van der Waals surface area contributed by atoms with Gasteiger partial charge in [-0.3, -0.25) is 58.3 Å². The Morgan fingerprint density at radius 2 is 1.58 bits per heavy atom. The Morgan fingerprint density at radius 3 is 2.27 bits per heavy atom. The van der Waals surface area contributed by atoms with Gasteiger partial charge in [0, 0.05) is 110 Å². The topological polar surface area (TPSA) is 412 Å². The van der Waals surface area contributed by atoms with Gasteiger partial charge < -0.3 is 61.5 Å². The number of carbonyl (C=O) groups excluding carboxylic acids is 11. The second-order valence-electron chi connectivity index (χ2n) is 26.5. The average Bonchev–Trinajstić information content (AvgIpc) is 1.64. The van der Waals surface area contributed by atoms with E-state index < -0.39 is 71.0 Å². The lowest BCUT2D eigenvalue weighted by Gasteiger charge is -2.39. The van der Waals surface area contributed by atoms with Crippen LogP contribution in [0.5, 0.6) is 5.75 Å². The predicted octanol–water partition coefficient (Wildman–Crippen LogP) is 6.99. The number of aryl methyl sites for hydroxylation is 3. The first-order valence-electron chi connectivity index (χ1n) is 35.0. The van der Waals surface area contributed by atoms with E-state index in [2.05, 4.69) is 47.4 Å². The quantitative estimate of drug-likeness (QED) is 0.0116. The number of methoxy groups -OCH3 is 1. The SMILES string of the molecule is CCn1nc(C2CC2)cc1Nc1nc(C(=O)NCCCCCN(C(=O)OCc2ccc(NC(=O)[C@H](CCCNC(N)=O)NC(=O)C3(C(=O)NCCCCCN4C(=O)C=CC4=O)CCC3)cc2)c2cccc3c2CN(C2CCC(=O)NC2=O)C3=O)nc2[nH]c3cc(-c4c(C)noc4C)c(OC)cc3c12. The number of imide groups is 2. The van der Waals surface area contributed by atoms with Crippen molar-refractivity contribution in [1.82, 2.24) is 66.3 Å². The third-order valence-electron chi connectivity index (χ3n) is 19.5. The number of aromatic amines is 1. The third kappa shape index (κ3) is 15.7. The maximum absolute atomic E-state index is 14.6. The minimum Gasteiger partial charge on any atom is -0.496 e. The van der Waals surface area contributed by atoms with E-state index in [-0.39, 0.29) is 108 Å². The first-order chi connectivity index (χ1) is 49.7. The number of piperidine rings is 1. The number of H-pyrrole nitrogens is 1. The number of nitrogens with zero attached hydrogens (tertiary/aromatic N) is 8. The van der Waals surface area contributed by atoms with E-state index in [0.29, 0.717) is 125 Å². The van der Waals surface area contributed by atoms with Crippen LogP contribution in [0.2, 0.25) is 0 Å². The molecule has 2 saturated carbocycles. The van der Waals surface area contributed by atoms with Crippen LogP contribution in [0.1, 0.15) is 158 Å². The largest absolute Gasteiger partial charge is 0.496 e. The second-order valence-corrected chi connectivity index (χ2v) is 26.5. The molecule has 1 unspecified atom stereocenters. The predicted molar refractivity (Wildman–Crippen MR) is 375 cm³/mol. The number of amides is 12. The molecule has 31 heteroatoms. The van der Waals surface area contributed by atoms with Crippen LogP contribution in [-0.2, 0) is 58.0 Å². The van der Waals surface area contributed by atoms with Gasteiger partial charge in [0.1, 0.15) is 52.9 Å². The molecule has 31 nitrogen and oxygen atoms in total. The van der Waals surface area contributed by atoms with Gasteiger partial charge in [-0.2, -0.15) is 5.10 Å². The Morgan fingerprint density at radius 1 is 0.835 bits per heavy atom. The molecule has 3 aromatic carbocycles. The normalized spacial score (nSPS) is 16.3. The summed E-state index contributed by atoms with van der Waals surface area (Å²) in [6.07, 6.45) is 8.51. The van der Waals surface area contributed by atoms with Crippen molar-refractivity contribution >= 4 is 110 Å². The molecule has 7 heterocycles. The van der Waals surface area contributed by atoms with E-state index in [1.54, 1.807) is 49.6 Å². The number of anilines is 4. The monoisotopic (exact) mass is 1410 g/mol. The molecule has 10 N–H and O–H groups in total. The Hall–Kier alpha value is -11.5. The number of hydrogen-bond donors (Lipinski definition) is 9. The Labute approximate surface area is 591 Å². The van der Waals surface area contributed by atoms with Crippen LogP contribution in [0.25, 0.3) is 33.1 Å². The number of carbonyl (C=O) groups is 11.